The highest BCUT2D eigenvalue weighted by Crippen LogP contribution is 2.19. The number of nitrogens with zero attached hydrogens (tertiary/aromatic N) is 3. The molecule has 21 heavy (non-hydrogen) atoms. The molecule has 2 heterocycles. The Morgan fingerprint density at radius 3 is 2.19 bits per heavy atom. The lowest BCUT2D eigenvalue weighted by molar-refractivity contribution is -0.132. The quantitative estimate of drug-likeness (QED) is 0.796. The Morgan fingerprint density at radius 2 is 1.71 bits per heavy atom. The van der Waals surface area contributed by atoms with E-state index < -0.39 is 0 Å². The number of piperazine rings is 1. The number of likely N-dealkylation sites (tertiary alicyclic amines) is 1. The summed E-state index contributed by atoms with van der Waals surface area (Å²) in [5, 5.41) is 0. The number of carbonyl (C=O) groups is 1. The summed E-state index contributed by atoms with van der Waals surface area (Å²) >= 11 is 0. The maximum absolute atomic E-state index is 12.3. The van der Waals surface area contributed by atoms with E-state index in [0.717, 1.165) is 45.2 Å². The highest BCUT2D eigenvalue weighted by molar-refractivity contribution is 5.78. The molecule has 0 N–H and O–H groups in total. The summed E-state index contributed by atoms with van der Waals surface area (Å²) < 4.78 is 0. The number of carbonyl (C=O) groups excluding carboxylic acids is 1. The third-order valence-electron chi connectivity index (χ3n) is 4.71. The van der Waals surface area contributed by atoms with Crippen molar-refractivity contribution in [3.8, 4) is 0 Å². The van der Waals surface area contributed by atoms with Gasteiger partial charge < -0.3 is 4.90 Å². The number of hydrogen-bond donors (Lipinski definition) is 0. The van der Waals surface area contributed by atoms with Gasteiger partial charge in [-0.3, -0.25) is 14.6 Å². The van der Waals surface area contributed by atoms with Crippen molar-refractivity contribution in [1.82, 2.24) is 14.7 Å². The van der Waals surface area contributed by atoms with E-state index in [9.17, 15) is 4.79 Å². The van der Waals surface area contributed by atoms with Gasteiger partial charge >= 0.3 is 0 Å². The molecule has 0 aromatic rings. The van der Waals surface area contributed by atoms with Gasteiger partial charge in [0.05, 0.1) is 6.54 Å². The SMILES string of the molecule is CC.CCC1CCN(C(=O)CN2CCN(C(C)C)CC2)C1. The summed E-state index contributed by atoms with van der Waals surface area (Å²) in [7, 11) is 0. The van der Waals surface area contributed by atoms with Crippen LogP contribution in [-0.2, 0) is 4.79 Å². The van der Waals surface area contributed by atoms with E-state index in [1.807, 2.05) is 13.8 Å². The Hall–Kier alpha value is -0.610. The molecule has 2 saturated heterocycles. The molecule has 4 nitrogen and oxygen atoms in total. The van der Waals surface area contributed by atoms with Crippen molar-refractivity contribution in [2.45, 2.75) is 53.5 Å². The molecule has 0 bridgehead atoms. The smallest absolute Gasteiger partial charge is 0.236 e. The highest BCUT2D eigenvalue weighted by Gasteiger charge is 2.27. The van der Waals surface area contributed by atoms with E-state index in [4.69, 9.17) is 0 Å². The zero-order chi connectivity index (χ0) is 15.8. The van der Waals surface area contributed by atoms with Gasteiger partial charge in [-0.2, -0.15) is 0 Å². The average molecular weight is 297 g/mol. The third kappa shape index (κ3) is 5.59. The summed E-state index contributed by atoms with van der Waals surface area (Å²) in [5.74, 6) is 1.08. The van der Waals surface area contributed by atoms with E-state index in [-0.39, 0.29) is 0 Å². The summed E-state index contributed by atoms with van der Waals surface area (Å²) in [6, 6.07) is 0.627. The van der Waals surface area contributed by atoms with Crippen molar-refractivity contribution >= 4 is 5.91 Å². The molecular weight excluding hydrogens is 262 g/mol. The van der Waals surface area contributed by atoms with Gasteiger partial charge in [0.1, 0.15) is 0 Å². The van der Waals surface area contributed by atoms with Gasteiger partial charge in [-0.25, -0.2) is 0 Å². The summed E-state index contributed by atoms with van der Waals surface area (Å²) in [6.07, 6.45) is 2.40. The summed E-state index contributed by atoms with van der Waals surface area (Å²) in [4.78, 5) is 19.1. The molecule has 2 aliphatic heterocycles. The molecule has 124 valence electrons. The lowest BCUT2D eigenvalue weighted by Crippen LogP contribution is -2.51. The van der Waals surface area contributed by atoms with Gasteiger partial charge in [0, 0.05) is 45.3 Å². The second kappa shape index (κ2) is 9.42. The Bertz CT molecular complexity index is 298. The second-order valence-electron chi connectivity index (χ2n) is 6.31. The van der Waals surface area contributed by atoms with Crippen molar-refractivity contribution in [2.75, 3.05) is 45.8 Å². The fourth-order valence-electron chi connectivity index (χ4n) is 3.12. The molecule has 1 amide bonds. The minimum absolute atomic E-state index is 0.342. The van der Waals surface area contributed by atoms with Crippen LogP contribution in [0.3, 0.4) is 0 Å². The van der Waals surface area contributed by atoms with Gasteiger partial charge in [-0.05, 0) is 26.2 Å². The fourth-order valence-corrected chi connectivity index (χ4v) is 3.12. The van der Waals surface area contributed by atoms with Crippen LogP contribution in [0, 0.1) is 5.92 Å². The zero-order valence-electron chi connectivity index (χ0n) is 14.8. The van der Waals surface area contributed by atoms with Crippen molar-refractivity contribution in [2.24, 2.45) is 5.92 Å². The largest absolute Gasteiger partial charge is 0.341 e. The van der Waals surface area contributed by atoms with Crippen LogP contribution in [0.1, 0.15) is 47.5 Å². The van der Waals surface area contributed by atoms with Gasteiger partial charge in [0.15, 0.2) is 0 Å². The van der Waals surface area contributed by atoms with Crippen LogP contribution >= 0.6 is 0 Å². The van der Waals surface area contributed by atoms with Crippen molar-refractivity contribution in [3.63, 3.8) is 0 Å². The molecule has 4 heteroatoms. The first-order valence-electron chi connectivity index (χ1n) is 8.84. The normalized spacial score (nSPS) is 24.1. The number of rotatable bonds is 4. The summed E-state index contributed by atoms with van der Waals surface area (Å²) in [5.41, 5.74) is 0. The Labute approximate surface area is 131 Å². The fraction of sp³-hybridized carbons (Fsp3) is 0.941. The first-order valence-corrected chi connectivity index (χ1v) is 8.84. The summed E-state index contributed by atoms with van der Waals surface area (Å²) in [6.45, 7) is 17.6. The average Bonchev–Trinajstić information content (AvgIpc) is 2.99. The van der Waals surface area contributed by atoms with Crippen LogP contribution in [0.15, 0.2) is 0 Å². The predicted molar refractivity (Wildman–Crippen MR) is 89.5 cm³/mol. The maximum atomic E-state index is 12.3. The van der Waals surface area contributed by atoms with Crippen LogP contribution < -0.4 is 0 Å². The number of amides is 1. The second-order valence-corrected chi connectivity index (χ2v) is 6.31. The molecule has 2 rings (SSSR count). The van der Waals surface area contributed by atoms with E-state index in [2.05, 4.69) is 35.5 Å². The monoisotopic (exact) mass is 297 g/mol. The minimum atomic E-state index is 0.342. The van der Waals surface area contributed by atoms with Crippen molar-refractivity contribution < 1.29 is 4.79 Å². The molecule has 2 aliphatic rings. The predicted octanol–water partition coefficient (Wildman–Crippen LogP) is 2.30. The molecule has 0 aliphatic carbocycles. The van der Waals surface area contributed by atoms with E-state index in [1.54, 1.807) is 0 Å². The van der Waals surface area contributed by atoms with Gasteiger partial charge in [-0.1, -0.05) is 27.2 Å². The molecule has 0 aromatic carbocycles. The zero-order valence-corrected chi connectivity index (χ0v) is 14.8. The molecule has 0 saturated carbocycles. The highest BCUT2D eigenvalue weighted by atomic mass is 16.2. The van der Waals surface area contributed by atoms with Crippen LogP contribution in [0.25, 0.3) is 0 Å². The lowest BCUT2D eigenvalue weighted by atomic mass is 10.1. The third-order valence-corrected chi connectivity index (χ3v) is 4.71. The Kier molecular flexibility index (Phi) is 8.27. The molecule has 2 fully saturated rings. The molecular formula is C17H35N3O. The number of hydrogen-bond acceptors (Lipinski definition) is 3. The van der Waals surface area contributed by atoms with Crippen LogP contribution in [0.4, 0.5) is 0 Å². The molecule has 1 atom stereocenters. The van der Waals surface area contributed by atoms with Crippen LogP contribution in [0.5, 0.6) is 0 Å². The topological polar surface area (TPSA) is 26.8 Å². The first kappa shape index (κ1) is 18.4. The van der Waals surface area contributed by atoms with E-state index in [0.29, 0.717) is 18.5 Å². The molecule has 0 aromatic heterocycles. The lowest BCUT2D eigenvalue weighted by Gasteiger charge is -2.37. The maximum Gasteiger partial charge on any atom is 0.236 e. The minimum Gasteiger partial charge on any atom is -0.341 e. The molecule has 0 radical (unpaired) electrons. The van der Waals surface area contributed by atoms with Gasteiger partial charge in [-0.15, -0.1) is 0 Å². The molecule has 0 spiro atoms. The van der Waals surface area contributed by atoms with E-state index in [1.165, 1.54) is 12.8 Å². The van der Waals surface area contributed by atoms with Crippen molar-refractivity contribution in [1.29, 1.82) is 0 Å². The molecule has 1 unspecified atom stereocenters. The van der Waals surface area contributed by atoms with E-state index >= 15 is 0 Å². The van der Waals surface area contributed by atoms with Crippen LogP contribution in [-0.4, -0.2) is 72.5 Å². The Balaban J connectivity index is 0.00000106. The first-order chi connectivity index (χ1) is 10.1. The van der Waals surface area contributed by atoms with Crippen LogP contribution in [0.2, 0.25) is 0 Å². The van der Waals surface area contributed by atoms with Gasteiger partial charge in [0.25, 0.3) is 0 Å². The van der Waals surface area contributed by atoms with Crippen molar-refractivity contribution in [3.05, 3.63) is 0 Å². The standard InChI is InChI=1S/C15H29N3O.C2H6/c1-4-14-5-6-18(11-14)15(19)12-16-7-9-17(10-8-16)13(2)3;1-2/h13-14H,4-12H2,1-3H3;1-2H3. The van der Waals surface area contributed by atoms with Gasteiger partial charge in [0.2, 0.25) is 5.91 Å². The Morgan fingerprint density at radius 1 is 1.10 bits per heavy atom.